The zero-order valence-corrected chi connectivity index (χ0v) is 16.9. The highest BCUT2D eigenvalue weighted by molar-refractivity contribution is 5.75. The van der Waals surface area contributed by atoms with Crippen LogP contribution in [0.15, 0.2) is 0 Å². The Morgan fingerprint density at radius 2 is 1.46 bits per heavy atom. The molecule has 0 rings (SSSR count). The lowest BCUT2D eigenvalue weighted by Gasteiger charge is -2.19. The number of unbranched alkanes of at least 4 members (excludes halogenated alkanes) is 7. The summed E-state index contributed by atoms with van der Waals surface area (Å²) in [7, 11) is 0. The molecule has 6 heteroatoms. The van der Waals surface area contributed by atoms with E-state index >= 15 is 0 Å². The summed E-state index contributed by atoms with van der Waals surface area (Å²) in [4.78, 5) is 13.7. The molecular formula is C20H42N2O4. The summed E-state index contributed by atoms with van der Waals surface area (Å²) in [6.07, 6.45) is 11.4. The lowest BCUT2D eigenvalue weighted by atomic mass is 10.1. The minimum Gasteiger partial charge on any atom is -0.395 e. The first-order chi connectivity index (χ1) is 12.7. The Morgan fingerprint density at radius 3 is 2.08 bits per heavy atom. The summed E-state index contributed by atoms with van der Waals surface area (Å²) >= 11 is 0. The standard InChI is InChI=1S/C20H42N2O4/c1-2-3-4-5-6-7-8-9-11-20(25)21-12-10-18-26-19-15-22(13-16-23)14-17-24/h23-24H,2-19H2,1H3,(H,21,25). The fourth-order valence-corrected chi connectivity index (χ4v) is 2.82. The van der Waals surface area contributed by atoms with E-state index in [-0.39, 0.29) is 19.1 Å². The molecule has 0 aromatic rings. The number of aliphatic hydroxyl groups is 2. The lowest BCUT2D eigenvalue weighted by Crippen LogP contribution is -2.33. The number of rotatable bonds is 20. The second-order valence-corrected chi connectivity index (χ2v) is 6.83. The molecule has 0 radical (unpaired) electrons. The van der Waals surface area contributed by atoms with Crippen molar-refractivity contribution in [2.75, 3.05) is 52.6 Å². The monoisotopic (exact) mass is 374 g/mol. The van der Waals surface area contributed by atoms with Crippen molar-refractivity contribution in [3.05, 3.63) is 0 Å². The highest BCUT2D eigenvalue weighted by Crippen LogP contribution is 2.09. The number of nitrogens with zero attached hydrogens (tertiary/aromatic N) is 1. The Hall–Kier alpha value is -0.690. The van der Waals surface area contributed by atoms with E-state index in [9.17, 15) is 4.79 Å². The number of hydrogen-bond acceptors (Lipinski definition) is 5. The summed E-state index contributed by atoms with van der Waals surface area (Å²) in [5, 5.41) is 20.8. The molecule has 0 fully saturated rings. The van der Waals surface area contributed by atoms with Crippen LogP contribution in [0.2, 0.25) is 0 Å². The van der Waals surface area contributed by atoms with Crippen molar-refractivity contribution < 1.29 is 19.7 Å². The van der Waals surface area contributed by atoms with Gasteiger partial charge in [-0.25, -0.2) is 0 Å². The van der Waals surface area contributed by atoms with Crippen LogP contribution in [0.25, 0.3) is 0 Å². The minimum absolute atomic E-state index is 0.0882. The number of amides is 1. The topological polar surface area (TPSA) is 82.0 Å². The van der Waals surface area contributed by atoms with E-state index in [1.165, 1.54) is 38.5 Å². The van der Waals surface area contributed by atoms with Crippen LogP contribution in [-0.4, -0.2) is 73.6 Å². The van der Waals surface area contributed by atoms with Gasteiger partial charge in [0.1, 0.15) is 0 Å². The molecule has 0 saturated carbocycles. The predicted octanol–water partition coefficient (Wildman–Crippen LogP) is 2.33. The molecule has 0 spiro atoms. The van der Waals surface area contributed by atoms with Gasteiger partial charge < -0.3 is 20.3 Å². The summed E-state index contributed by atoms with van der Waals surface area (Å²) in [6.45, 7) is 6.07. The zero-order valence-electron chi connectivity index (χ0n) is 16.9. The van der Waals surface area contributed by atoms with Crippen molar-refractivity contribution in [2.24, 2.45) is 0 Å². The Labute approximate surface area is 160 Å². The summed E-state index contributed by atoms with van der Waals surface area (Å²) in [6, 6.07) is 0. The van der Waals surface area contributed by atoms with Crippen LogP contribution >= 0.6 is 0 Å². The molecule has 0 atom stereocenters. The first-order valence-corrected chi connectivity index (χ1v) is 10.5. The van der Waals surface area contributed by atoms with Crippen molar-refractivity contribution >= 4 is 5.91 Å². The highest BCUT2D eigenvalue weighted by Gasteiger charge is 2.03. The maximum absolute atomic E-state index is 11.7. The Morgan fingerprint density at radius 1 is 0.846 bits per heavy atom. The molecule has 156 valence electrons. The molecule has 0 aliphatic heterocycles. The van der Waals surface area contributed by atoms with E-state index in [4.69, 9.17) is 14.9 Å². The SMILES string of the molecule is CCCCCCCCCCC(=O)NCCCOCCN(CCO)CCO. The van der Waals surface area contributed by atoms with Gasteiger partial charge in [0.15, 0.2) is 0 Å². The molecule has 0 aromatic heterocycles. The molecule has 0 saturated heterocycles. The van der Waals surface area contributed by atoms with E-state index in [0.717, 1.165) is 19.3 Å². The third-order valence-electron chi connectivity index (χ3n) is 4.43. The van der Waals surface area contributed by atoms with Gasteiger partial charge in [-0.05, 0) is 12.8 Å². The average Bonchev–Trinajstić information content (AvgIpc) is 2.63. The van der Waals surface area contributed by atoms with Crippen molar-refractivity contribution in [3.63, 3.8) is 0 Å². The lowest BCUT2D eigenvalue weighted by molar-refractivity contribution is -0.121. The Kier molecular flexibility index (Phi) is 20.1. The van der Waals surface area contributed by atoms with Crippen molar-refractivity contribution in [1.29, 1.82) is 0 Å². The fourth-order valence-electron chi connectivity index (χ4n) is 2.82. The van der Waals surface area contributed by atoms with Crippen LogP contribution in [-0.2, 0) is 9.53 Å². The molecule has 1 amide bonds. The second-order valence-electron chi connectivity index (χ2n) is 6.83. The van der Waals surface area contributed by atoms with Crippen molar-refractivity contribution in [2.45, 2.75) is 71.1 Å². The van der Waals surface area contributed by atoms with E-state index in [2.05, 4.69) is 12.2 Å². The van der Waals surface area contributed by atoms with Crippen LogP contribution in [0.5, 0.6) is 0 Å². The van der Waals surface area contributed by atoms with Gasteiger partial charge in [0.25, 0.3) is 0 Å². The predicted molar refractivity (Wildman–Crippen MR) is 106 cm³/mol. The van der Waals surface area contributed by atoms with Gasteiger partial charge in [-0.15, -0.1) is 0 Å². The van der Waals surface area contributed by atoms with Crippen LogP contribution in [0, 0.1) is 0 Å². The van der Waals surface area contributed by atoms with Crippen LogP contribution in [0.3, 0.4) is 0 Å². The largest absolute Gasteiger partial charge is 0.395 e. The molecular weight excluding hydrogens is 332 g/mol. The number of aliphatic hydroxyl groups excluding tert-OH is 2. The van der Waals surface area contributed by atoms with Gasteiger partial charge in [0, 0.05) is 39.2 Å². The third kappa shape index (κ3) is 18.1. The quantitative estimate of drug-likeness (QED) is 0.285. The fraction of sp³-hybridized carbons (Fsp3) is 0.950. The maximum atomic E-state index is 11.7. The number of nitrogens with one attached hydrogen (secondary N) is 1. The number of ether oxygens (including phenoxy) is 1. The van der Waals surface area contributed by atoms with E-state index < -0.39 is 0 Å². The average molecular weight is 375 g/mol. The van der Waals surface area contributed by atoms with Crippen LogP contribution < -0.4 is 5.32 Å². The molecule has 0 heterocycles. The Bertz CT molecular complexity index is 298. The molecule has 0 aromatic carbocycles. The minimum atomic E-state index is 0.0882. The second kappa shape index (κ2) is 20.6. The van der Waals surface area contributed by atoms with Gasteiger partial charge >= 0.3 is 0 Å². The Balaban J connectivity index is 3.33. The van der Waals surface area contributed by atoms with Crippen molar-refractivity contribution in [1.82, 2.24) is 10.2 Å². The summed E-state index contributed by atoms with van der Waals surface area (Å²) in [5.41, 5.74) is 0. The number of hydrogen-bond donors (Lipinski definition) is 3. The van der Waals surface area contributed by atoms with Crippen LogP contribution in [0.4, 0.5) is 0 Å². The maximum Gasteiger partial charge on any atom is 0.219 e. The van der Waals surface area contributed by atoms with Gasteiger partial charge in [-0.3, -0.25) is 9.69 Å². The number of carbonyl (C=O) groups is 1. The third-order valence-corrected chi connectivity index (χ3v) is 4.43. The number of carbonyl (C=O) groups excluding carboxylic acids is 1. The van der Waals surface area contributed by atoms with Gasteiger partial charge in [0.2, 0.25) is 5.91 Å². The van der Waals surface area contributed by atoms with Gasteiger partial charge in [-0.1, -0.05) is 51.9 Å². The zero-order chi connectivity index (χ0) is 19.3. The molecule has 6 nitrogen and oxygen atoms in total. The summed E-state index contributed by atoms with van der Waals surface area (Å²) < 4.78 is 5.54. The van der Waals surface area contributed by atoms with Crippen molar-refractivity contribution in [3.8, 4) is 0 Å². The van der Waals surface area contributed by atoms with E-state index in [1.807, 2.05) is 4.90 Å². The molecule has 0 aliphatic carbocycles. The highest BCUT2D eigenvalue weighted by atomic mass is 16.5. The smallest absolute Gasteiger partial charge is 0.219 e. The molecule has 0 aliphatic rings. The summed E-state index contributed by atoms with van der Waals surface area (Å²) in [5.74, 6) is 0.146. The van der Waals surface area contributed by atoms with E-state index in [0.29, 0.717) is 45.8 Å². The first kappa shape index (κ1) is 25.3. The molecule has 3 N–H and O–H groups in total. The normalized spacial score (nSPS) is 11.2. The van der Waals surface area contributed by atoms with Gasteiger partial charge in [0.05, 0.1) is 19.8 Å². The molecule has 26 heavy (non-hydrogen) atoms. The molecule has 0 bridgehead atoms. The van der Waals surface area contributed by atoms with Gasteiger partial charge in [-0.2, -0.15) is 0 Å². The first-order valence-electron chi connectivity index (χ1n) is 10.5. The van der Waals surface area contributed by atoms with E-state index in [1.54, 1.807) is 0 Å². The van der Waals surface area contributed by atoms with Crippen LogP contribution in [0.1, 0.15) is 71.1 Å². The molecule has 0 unspecified atom stereocenters.